The second-order valence-electron chi connectivity index (χ2n) is 13.8. The normalized spacial score (nSPS) is 14.3. The highest BCUT2D eigenvalue weighted by Crippen LogP contribution is 2.19. The van der Waals surface area contributed by atoms with Crippen LogP contribution in [0, 0.1) is 12.8 Å². The molecule has 2 amide bonds. The van der Waals surface area contributed by atoms with Crippen LogP contribution in [0.15, 0.2) is 48.5 Å². The standard InChI is InChI=1S/C39H59ClN8O7/c1-4-6-7-10-18-47(23-30(50)33(52)34(53)31(51)24-49)48(5-2)39(55)29-15-11-13-26(19-29)16-17-43-21-27(20-28-14-9-8-12-25(28)3)22-44-38(54)32-36(41)46-37(42)35(40)45-32/h8-9,11-15,19,27,30-31,33-34,43,49-53H,4-7,10,16-18,20-24H2,1-3H3,(H,44,54)(H4,41,42,46). The van der Waals surface area contributed by atoms with Gasteiger partial charge in [0.2, 0.25) is 0 Å². The third-order valence-electron chi connectivity index (χ3n) is 9.51. The van der Waals surface area contributed by atoms with Gasteiger partial charge in [-0.05, 0) is 80.9 Å². The summed E-state index contributed by atoms with van der Waals surface area (Å²) >= 11 is 5.99. The highest BCUT2D eigenvalue weighted by molar-refractivity contribution is 6.31. The Hall–Kier alpha value is -3.93. The van der Waals surface area contributed by atoms with E-state index in [1.807, 2.05) is 50.2 Å². The zero-order valence-corrected chi connectivity index (χ0v) is 32.8. The number of aliphatic hydroxyl groups excluding tert-OH is 5. The number of benzene rings is 2. The number of aromatic nitrogens is 2. The topological polar surface area (TPSA) is 244 Å². The van der Waals surface area contributed by atoms with Crippen molar-refractivity contribution < 1.29 is 35.1 Å². The summed E-state index contributed by atoms with van der Waals surface area (Å²) in [5.74, 6) is -0.957. The van der Waals surface area contributed by atoms with E-state index in [2.05, 4.69) is 33.6 Å². The number of aryl methyl sites for hydroxylation is 1. The van der Waals surface area contributed by atoms with Gasteiger partial charge < -0.3 is 47.6 Å². The number of nitrogens with one attached hydrogen (secondary N) is 2. The minimum absolute atomic E-state index is 0.000273. The molecule has 0 saturated carbocycles. The molecule has 16 heteroatoms. The molecule has 0 aliphatic rings. The molecule has 2 aromatic carbocycles. The average molecular weight is 787 g/mol. The zero-order valence-electron chi connectivity index (χ0n) is 32.1. The highest BCUT2D eigenvalue weighted by atomic mass is 35.5. The van der Waals surface area contributed by atoms with Crippen LogP contribution >= 0.6 is 11.6 Å². The molecule has 304 valence electrons. The van der Waals surface area contributed by atoms with Crippen LogP contribution in [-0.4, -0.2) is 128 Å². The number of nitrogen functional groups attached to an aromatic ring is 2. The summed E-state index contributed by atoms with van der Waals surface area (Å²) in [5.41, 5.74) is 15.1. The maximum atomic E-state index is 13.9. The van der Waals surface area contributed by atoms with Crippen molar-refractivity contribution >= 4 is 35.1 Å². The number of unbranched alkanes of at least 4 members (excludes halogenated alkanes) is 3. The molecule has 0 saturated heterocycles. The van der Waals surface area contributed by atoms with Gasteiger partial charge in [-0.15, -0.1) is 0 Å². The molecule has 3 aromatic rings. The summed E-state index contributed by atoms with van der Waals surface area (Å²) < 4.78 is 0. The lowest BCUT2D eigenvalue weighted by Gasteiger charge is -2.37. The van der Waals surface area contributed by atoms with E-state index in [-0.39, 0.29) is 47.4 Å². The van der Waals surface area contributed by atoms with E-state index in [0.717, 1.165) is 42.4 Å². The number of nitrogens with two attached hydrogens (primary N) is 2. The molecule has 0 spiro atoms. The molecule has 5 unspecified atom stereocenters. The Morgan fingerprint density at radius 1 is 0.909 bits per heavy atom. The summed E-state index contributed by atoms with van der Waals surface area (Å²) in [7, 11) is 0. The van der Waals surface area contributed by atoms with Crippen molar-refractivity contribution in [2.75, 3.05) is 57.3 Å². The van der Waals surface area contributed by atoms with Gasteiger partial charge in [0.15, 0.2) is 22.5 Å². The van der Waals surface area contributed by atoms with Gasteiger partial charge in [-0.2, -0.15) is 0 Å². The van der Waals surface area contributed by atoms with E-state index >= 15 is 0 Å². The van der Waals surface area contributed by atoms with E-state index < -0.39 is 36.9 Å². The molecule has 11 N–H and O–H groups in total. The molecule has 1 aromatic heterocycles. The first-order chi connectivity index (χ1) is 26.3. The van der Waals surface area contributed by atoms with Gasteiger partial charge in [0.05, 0.1) is 12.7 Å². The second kappa shape index (κ2) is 23.2. The molecule has 3 rings (SSSR count). The Balaban J connectivity index is 1.68. The number of hydrogen-bond acceptors (Lipinski definition) is 13. The first-order valence-corrected chi connectivity index (χ1v) is 19.3. The van der Waals surface area contributed by atoms with Crippen molar-refractivity contribution in [3.8, 4) is 0 Å². The molecule has 15 nitrogen and oxygen atoms in total. The van der Waals surface area contributed by atoms with Gasteiger partial charge in [-0.3, -0.25) is 14.6 Å². The number of hydrogen-bond donors (Lipinski definition) is 9. The molecule has 0 radical (unpaired) electrons. The molecule has 0 fully saturated rings. The number of halogens is 1. The first-order valence-electron chi connectivity index (χ1n) is 18.9. The van der Waals surface area contributed by atoms with E-state index in [1.165, 1.54) is 5.01 Å². The Labute approximate surface area is 328 Å². The largest absolute Gasteiger partial charge is 0.394 e. The third-order valence-corrected chi connectivity index (χ3v) is 9.78. The first kappa shape index (κ1) is 45.5. The maximum absolute atomic E-state index is 13.9. The molecule has 5 atom stereocenters. The summed E-state index contributed by atoms with van der Waals surface area (Å²) in [6.07, 6.45) is -1.67. The Kier molecular flexibility index (Phi) is 19.2. The molecule has 0 bridgehead atoms. The number of carbonyl (C=O) groups is 2. The van der Waals surface area contributed by atoms with Crippen LogP contribution in [0.2, 0.25) is 5.15 Å². The fourth-order valence-corrected chi connectivity index (χ4v) is 6.36. The summed E-state index contributed by atoms with van der Waals surface area (Å²) in [6.45, 7) is 7.19. The number of hydrazine groups is 1. The number of nitrogens with zero attached hydrogens (tertiary/aromatic N) is 4. The van der Waals surface area contributed by atoms with Crippen LogP contribution in [0.4, 0.5) is 11.6 Å². The van der Waals surface area contributed by atoms with Crippen molar-refractivity contribution in [1.82, 2.24) is 30.6 Å². The van der Waals surface area contributed by atoms with Crippen LogP contribution in [0.5, 0.6) is 0 Å². The van der Waals surface area contributed by atoms with Gasteiger partial charge >= 0.3 is 0 Å². The summed E-state index contributed by atoms with van der Waals surface area (Å²) in [4.78, 5) is 34.8. The molecule has 1 heterocycles. The maximum Gasteiger partial charge on any atom is 0.273 e. The zero-order chi connectivity index (χ0) is 40.5. The third kappa shape index (κ3) is 14.0. The molecule has 55 heavy (non-hydrogen) atoms. The van der Waals surface area contributed by atoms with Crippen LogP contribution in [0.25, 0.3) is 0 Å². The highest BCUT2D eigenvalue weighted by Gasteiger charge is 2.33. The molecule has 0 aliphatic heterocycles. The van der Waals surface area contributed by atoms with Crippen LogP contribution in [0.1, 0.15) is 77.1 Å². The van der Waals surface area contributed by atoms with Crippen LogP contribution in [-0.2, 0) is 12.8 Å². The Morgan fingerprint density at radius 2 is 1.64 bits per heavy atom. The van der Waals surface area contributed by atoms with Crippen LogP contribution in [0.3, 0.4) is 0 Å². The number of anilines is 2. The Bertz CT molecular complexity index is 1650. The SMILES string of the molecule is CCCCCCN(CC(O)C(O)C(O)C(O)CO)N(CC)C(=O)c1cccc(CCNCC(CNC(=O)c2nc(Cl)c(N)nc2N)Cc2ccccc2C)c1. The molecular weight excluding hydrogens is 728 g/mol. The minimum atomic E-state index is -1.77. The number of aliphatic hydroxyl groups is 5. The Morgan fingerprint density at radius 3 is 2.33 bits per heavy atom. The van der Waals surface area contributed by atoms with Crippen molar-refractivity contribution in [2.45, 2.75) is 83.7 Å². The summed E-state index contributed by atoms with van der Waals surface area (Å²) in [6, 6.07) is 15.4. The van der Waals surface area contributed by atoms with E-state index in [9.17, 15) is 35.1 Å². The number of amides is 2. The van der Waals surface area contributed by atoms with Crippen molar-refractivity contribution in [1.29, 1.82) is 0 Å². The van der Waals surface area contributed by atoms with Crippen molar-refractivity contribution in [3.05, 3.63) is 81.6 Å². The van der Waals surface area contributed by atoms with Crippen LogP contribution < -0.4 is 22.1 Å². The fourth-order valence-electron chi connectivity index (χ4n) is 6.23. The summed E-state index contributed by atoms with van der Waals surface area (Å²) in [5, 5.41) is 60.0. The minimum Gasteiger partial charge on any atom is -0.394 e. The molecular formula is C39H59ClN8O7. The number of rotatable bonds is 24. The van der Waals surface area contributed by atoms with Crippen molar-refractivity contribution in [2.24, 2.45) is 5.92 Å². The van der Waals surface area contributed by atoms with Gasteiger partial charge in [-0.1, -0.05) is 74.2 Å². The van der Waals surface area contributed by atoms with E-state index in [1.54, 1.807) is 11.1 Å². The monoisotopic (exact) mass is 786 g/mol. The second-order valence-corrected chi connectivity index (χ2v) is 14.1. The lowest BCUT2D eigenvalue weighted by atomic mass is 9.95. The number of carbonyl (C=O) groups excluding carboxylic acids is 2. The predicted octanol–water partition coefficient (Wildman–Crippen LogP) is 1.72. The lowest BCUT2D eigenvalue weighted by Crippen LogP contribution is -2.54. The smallest absolute Gasteiger partial charge is 0.273 e. The quantitative estimate of drug-likeness (QED) is 0.0465. The van der Waals surface area contributed by atoms with Gasteiger partial charge in [0, 0.05) is 31.7 Å². The van der Waals surface area contributed by atoms with E-state index in [4.69, 9.17) is 23.1 Å². The average Bonchev–Trinajstić information content (AvgIpc) is 3.18. The molecule has 0 aliphatic carbocycles. The van der Waals surface area contributed by atoms with Gasteiger partial charge in [0.25, 0.3) is 11.8 Å². The van der Waals surface area contributed by atoms with Gasteiger partial charge in [0.1, 0.15) is 18.3 Å². The van der Waals surface area contributed by atoms with E-state index in [0.29, 0.717) is 44.6 Å². The van der Waals surface area contributed by atoms with Gasteiger partial charge in [-0.25, -0.2) is 15.0 Å². The van der Waals surface area contributed by atoms with Crippen molar-refractivity contribution in [3.63, 3.8) is 0 Å². The fraction of sp³-hybridized carbons (Fsp3) is 0.538. The predicted molar refractivity (Wildman–Crippen MR) is 213 cm³/mol. The lowest BCUT2D eigenvalue weighted by molar-refractivity contribution is -0.130.